The third kappa shape index (κ3) is 2.57. The first-order valence-corrected chi connectivity index (χ1v) is 7.07. The highest BCUT2D eigenvalue weighted by atomic mass is 16.2. The molecule has 114 valence electrons. The lowest BCUT2D eigenvalue weighted by molar-refractivity contribution is -0.135. The summed E-state index contributed by atoms with van der Waals surface area (Å²) in [6.07, 6.45) is 0.656. The summed E-state index contributed by atoms with van der Waals surface area (Å²) in [5.74, 6) is -0.194. The SMILES string of the molecule is O=C1CCN(C(=O)Cn2c(=O)[nH]c3ccccc3c2=O)CC1. The normalized spacial score (nSPS) is 15.3. The van der Waals surface area contributed by atoms with E-state index in [-0.39, 0.29) is 18.2 Å². The van der Waals surface area contributed by atoms with Gasteiger partial charge >= 0.3 is 5.69 Å². The van der Waals surface area contributed by atoms with Crippen LogP contribution >= 0.6 is 0 Å². The van der Waals surface area contributed by atoms with E-state index in [1.54, 1.807) is 24.3 Å². The molecule has 1 N–H and O–H groups in total. The van der Waals surface area contributed by atoms with Gasteiger partial charge in [-0.3, -0.25) is 19.0 Å². The highest BCUT2D eigenvalue weighted by molar-refractivity contribution is 5.83. The van der Waals surface area contributed by atoms with Crippen molar-refractivity contribution >= 4 is 22.6 Å². The number of amides is 1. The first kappa shape index (κ1) is 14.2. The van der Waals surface area contributed by atoms with Crippen molar-refractivity contribution in [3.05, 3.63) is 45.1 Å². The molecule has 22 heavy (non-hydrogen) atoms. The molecule has 1 aliphatic heterocycles. The monoisotopic (exact) mass is 301 g/mol. The van der Waals surface area contributed by atoms with Crippen LogP contribution in [0.4, 0.5) is 0 Å². The highest BCUT2D eigenvalue weighted by Crippen LogP contribution is 2.07. The average Bonchev–Trinajstić information content (AvgIpc) is 2.52. The first-order chi connectivity index (χ1) is 10.6. The molecule has 0 unspecified atom stereocenters. The summed E-state index contributed by atoms with van der Waals surface area (Å²) >= 11 is 0. The molecule has 0 radical (unpaired) electrons. The van der Waals surface area contributed by atoms with Crippen molar-refractivity contribution in [1.82, 2.24) is 14.5 Å². The number of hydrogen-bond acceptors (Lipinski definition) is 4. The van der Waals surface area contributed by atoms with Crippen molar-refractivity contribution in [1.29, 1.82) is 0 Å². The molecule has 1 amide bonds. The molecule has 0 bridgehead atoms. The molecular weight excluding hydrogens is 286 g/mol. The van der Waals surface area contributed by atoms with Gasteiger partial charge in [-0.05, 0) is 12.1 Å². The minimum absolute atomic E-state index is 0.129. The molecule has 1 aliphatic rings. The average molecular weight is 301 g/mol. The third-order valence-corrected chi connectivity index (χ3v) is 3.86. The molecule has 0 spiro atoms. The second kappa shape index (κ2) is 5.59. The Bertz CT molecular complexity index is 855. The minimum atomic E-state index is -0.606. The van der Waals surface area contributed by atoms with E-state index in [1.165, 1.54) is 4.90 Å². The van der Waals surface area contributed by atoms with Gasteiger partial charge in [-0.15, -0.1) is 0 Å². The second-order valence-electron chi connectivity index (χ2n) is 5.29. The maximum absolute atomic E-state index is 12.3. The van der Waals surface area contributed by atoms with Gasteiger partial charge in [0.1, 0.15) is 12.3 Å². The van der Waals surface area contributed by atoms with Crippen molar-refractivity contribution in [3.8, 4) is 0 Å². The molecule has 7 nitrogen and oxygen atoms in total. The van der Waals surface area contributed by atoms with Crippen LogP contribution in [0.2, 0.25) is 0 Å². The van der Waals surface area contributed by atoms with Crippen LogP contribution < -0.4 is 11.2 Å². The molecule has 1 saturated heterocycles. The Morgan fingerprint density at radius 2 is 1.77 bits per heavy atom. The van der Waals surface area contributed by atoms with E-state index in [4.69, 9.17) is 0 Å². The lowest BCUT2D eigenvalue weighted by atomic mass is 10.1. The summed E-state index contributed by atoms with van der Waals surface area (Å²) in [6.45, 7) is 0.378. The van der Waals surface area contributed by atoms with Crippen molar-refractivity contribution < 1.29 is 9.59 Å². The molecule has 0 atom stereocenters. The van der Waals surface area contributed by atoms with Crippen molar-refractivity contribution in [2.24, 2.45) is 0 Å². The minimum Gasteiger partial charge on any atom is -0.340 e. The van der Waals surface area contributed by atoms with E-state index >= 15 is 0 Å². The van der Waals surface area contributed by atoms with Gasteiger partial charge in [-0.1, -0.05) is 12.1 Å². The third-order valence-electron chi connectivity index (χ3n) is 3.86. The smallest absolute Gasteiger partial charge is 0.329 e. The summed E-state index contributed by atoms with van der Waals surface area (Å²) in [4.78, 5) is 51.9. The number of rotatable bonds is 2. The van der Waals surface area contributed by atoms with Gasteiger partial charge in [0.2, 0.25) is 5.91 Å². The zero-order valence-electron chi connectivity index (χ0n) is 11.9. The van der Waals surface area contributed by atoms with Crippen molar-refractivity contribution in [2.45, 2.75) is 19.4 Å². The molecule has 3 rings (SSSR count). The number of ketones is 1. The number of carbonyl (C=O) groups is 2. The number of nitrogens with zero attached hydrogens (tertiary/aromatic N) is 2. The topological polar surface area (TPSA) is 92.2 Å². The van der Waals surface area contributed by atoms with Gasteiger partial charge in [-0.2, -0.15) is 0 Å². The second-order valence-corrected chi connectivity index (χ2v) is 5.29. The zero-order chi connectivity index (χ0) is 15.7. The van der Waals surface area contributed by atoms with Crippen LogP contribution in [0.5, 0.6) is 0 Å². The van der Waals surface area contributed by atoms with E-state index < -0.39 is 11.2 Å². The number of likely N-dealkylation sites (tertiary alicyclic amines) is 1. The fraction of sp³-hybridized carbons (Fsp3) is 0.333. The number of hydrogen-bond donors (Lipinski definition) is 1. The molecule has 1 aromatic carbocycles. The van der Waals surface area contributed by atoms with E-state index in [2.05, 4.69) is 4.98 Å². The largest absolute Gasteiger partial charge is 0.340 e. The fourth-order valence-corrected chi connectivity index (χ4v) is 2.58. The predicted octanol–water partition coefficient (Wildman–Crippen LogP) is -0.119. The Hall–Kier alpha value is -2.70. The van der Waals surface area contributed by atoms with E-state index in [1.807, 2.05) is 0 Å². The molecule has 7 heteroatoms. The van der Waals surface area contributed by atoms with Crippen molar-refractivity contribution in [2.75, 3.05) is 13.1 Å². The Labute approximate surface area is 125 Å². The van der Waals surface area contributed by atoms with Gasteiger partial charge < -0.3 is 9.88 Å². The maximum atomic E-state index is 12.3. The number of Topliss-reactive ketones (excluding diaryl/α,β-unsaturated/α-hetero) is 1. The Morgan fingerprint density at radius 1 is 1.09 bits per heavy atom. The summed E-state index contributed by atoms with van der Waals surface area (Å²) in [5.41, 5.74) is -0.643. The van der Waals surface area contributed by atoms with Gasteiger partial charge in [0, 0.05) is 25.9 Å². The summed E-state index contributed by atoms with van der Waals surface area (Å²) in [6, 6.07) is 6.66. The molecule has 1 fully saturated rings. The number of aromatic nitrogens is 2. The molecule has 2 aromatic rings. The number of benzene rings is 1. The maximum Gasteiger partial charge on any atom is 0.329 e. The predicted molar refractivity (Wildman–Crippen MR) is 79.6 cm³/mol. The van der Waals surface area contributed by atoms with Crippen LogP contribution in [0.1, 0.15) is 12.8 Å². The van der Waals surface area contributed by atoms with Gasteiger partial charge in [-0.25, -0.2) is 4.79 Å². The van der Waals surface area contributed by atoms with Crippen LogP contribution in [-0.2, 0) is 16.1 Å². The summed E-state index contributed by atoms with van der Waals surface area (Å²) < 4.78 is 0.904. The molecular formula is C15H15N3O4. The quantitative estimate of drug-likeness (QED) is 0.837. The number of H-pyrrole nitrogens is 1. The van der Waals surface area contributed by atoms with Crippen molar-refractivity contribution in [3.63, 3.8) is 0 Å². The van der Waals surface area contributed by atoms with E-state index in [9.17, 15) is 19.2 Å². The zero-order valence-corrected chi connectivity index (χ0v) is 11.9. The molecule has 2 heterocycles. The van der Waals surface area contributed by atoms with Gasteiger partial charge in [0.15, 0.2) is 0 Å². The van der Waals surface area contributed by atoms with E-state index in [0.717, 1.165) is 4.57 Å². The molecule has 0 saturated carbocycles. The Morgan fingerprint density at radius 3 is 2.50 bits per heavy atom. The Kier molecular flexibility index (Phi) is 3.62. The number of fused-ring (bicyclic) bond motifs is 1. The summed E-state index contributed by atoms with van der Waals surface area (Å²) in [5, 5.41) is 0.365. The van der Waals surface area contributed by atoms with Crippen LogP contribution in [0.3, 0.4) is 0 Å². The fourth-order valence-electron chi connectivity index (χ4n) is 2.58. The summed E-state index contributed by atoms with van der Waals surface area (Å²) in [7, 11) is 0. The number of nitrogens with one attached hydrogen (secondary N) is 1. The van der Waals surface area contributed by atoms with Crippen LogP contribution in [-0.4, -0.2) is 39.2 Å². The standard InChI is InChI=1S/C15H15N3O4/c19-10-5-7-17(8-6-10)13(20)9-18-14(21)11-3-1-2-4-12(11)16-15(18)22/h1-4H,5-9H2,(H,16,22). The van der Waals surface area contributed by atoms with Gasteiger partial charge in [0.25, 0.3) is 5.56 Å². The molecule has 0 aliphatic carbocycles. The lowest BCUT2D eigenvalue weighted by Crippen LogP contribution is -2.45. The molecule has 1 aromatic heterocycles. The number of carbonyl (C=O) groups excluding carboxylic acids is 2. The number of para-hydroxylation sites is 1. The highest BCUT2D eigenvalue weighted by Gasteiger charge is 2.22. The number of piperidine rings is 1. The Balaban J connectivity index is 1.91. The number of aromatic amines is 1. The van der Waals surface area contributed by atoms with Crippen LogP contribution in [0, 0.1) is 0 Å². The van der Waals surface area contributed by atoms with E-state index in [0.29, 0.717) is 36.8 Å². The first-order valence-electron chi connectivity index (χ1n) is 7.07. The van der Waals surface area contributed by atoms with Crippen LogP contribution in [0.15, 0.2) is 33.9 Å². The lowest BCUT2D eigenvalue weighted by Gasteiger charge is -2.26. The van der Waals surface area contributed by atoms with Gasteiger partial charge in [0.05, 0.1) is 10.9 Å². The van der Waals surface area contributed by atoms with Crippen LogP contribution in [0.25, 0.3) is 10.9 Å².